The molecule has 6 nitrogen and oxygen atoms in total. The first-order valence-corrected chi connectivity index (χ1v) is 14.0. The molecule has 2 N–H and O–H groups in total. The molecule has 5 rings (SSSR count). The number of amides is 1. The maximum atomic E-state index is 13.6. The van der Waals surface area contributed by atoms with Gasteiger partial charge in [0.15, 0.2) is 6.54 Å². The Morgan fingerprint density at radius 2 is 2.03 bits per heavy atom. The average molecular weight is 534 g/mol. The third-order valence-corrected chi connectivity index (χ3v) is 7.91. The number of nitrogens with two attached hydrogens (primary N) is 1. The first kappa shape index (κ1) is 26.3. The average Bonchev–Trinajstić information content (AvgIpc) is 3.68. The van der Waals surface area contributed by atoms with Gasteiger partial charge in [-0.2, -0.15) is 4.58 Å². The van der Waals surface area contributed by atoms with Gasteiger partial charge in [-0.1, -0.05) is 24.3 Å². The number of thiazole rings is 1. The molecule has 0 saturated heterocycles. The van der Waals surface area contributed by atoms with E-state index in [0.29, 0.717) is 36.7 Å². The first-order valence-electron chi connectivity index (χ1n) is 13.1. The maximum Gasteiger partial charge on any atom is 0.362 e. The Balaban J connectivity index is 1.36. The molecule has 2 aliphatic rings. The Morgan fingerprint density at radius 3 is 2.68 bits per heavy atom. The van der Waals surface area contributed by atoms with Gasteiger partial charge in [0.05, 0.1) is 6.54 Å². The fraction of sp³-hybridized carbons (Fsp3) is 0.367. The van der Waals surface area contributed by atoms with Gasteiger partial charge in [0.25, 0.3) is 5.91 Å². The van der Waals surface area contributed by atoms with Crippen molar-refractivity contribution in [3.63, 3.8) is 0 Å². The first-order chi connectivity index (χ1) is 18.2. The van der Waals surface area contributed by atoms with Crippen LogP contribution in [-0.4, -0.2) is 50.9 Å². The molecule has 3 aromatic rings. The summed E-state index contributed by atoms with van der Waals surface area (Å²) in [5.41, 5.74) is 9.38. The standard InChI is InChI=1S/C30H34FN4O2S/c1-4-34-15-14-26(37-29(34)30(3,32)17-21-8-10-24(31)11-9-21)22-6-5-7-23(16-22)28(36)35(25-12-13-25)18-27-33-20(2)19-38-27/h5-11,14,16,19,25H,4,12-13,15,17-18,32H2,1-3H3/q+1. The van der Waals surface area contributed by atoms with Gasteiger partial charge in [-0.05, 0) is 63.4 Å². The van der Waals surface area contributed by atoms with Gasteiger partial charge >= 0.3 is 5.90 Å². The van der Waals surface area contributed by atoms with Crippen molar-refractivity contribution in [3.8, 4) is 0 Å². The number of nitrogens with zero attached hydrogens (tertiary/aromatic N) is 3. The summed E-state index contributed by atoms with van der Waals surface area (Å²) in [6, 6.07) is 14.3. The van der Waals surface area contributed by atoms with Crippen molar-refractivity contribution >= 4 is 28.9 Å². The summed E-state index contributed by atoms with van der Waals surface area (Å²) in [5.74, 6) is 1.09. The van der Waals surface area contributed by atoms with E-state index in [1.807, 2.05) is 54.5 Å². The van der Waals surface area contributed by atoms with Crippen LogP contribution in [0.4, 0.5) is 4.39 Å². The minimum atomic E-state index is -0.810. The molecule has 1 aliphatic heterocycles. The number of ether oxygens (including phenoxy) is 1. The van der Waals surface area contributed by atoms with Crippen LogP contribution in [0.3, 0.4) is 0 Å². The van der Waals surface area contributed by atoms with E-state index in [4.69, 9.17) is 10.5 Å². The van der Waals surface area contributed by atoms with Crippen molar-refractivity contribution in [2.24, 2.45) is 5.73 Å². The molecule has 38 heavy (non-hydrogen) atoms. The Bertz CT molecular complexity index is 1390. The molecule has 2 heterocycles. The lowest BCUT2D eigenvalue weighted by molar-refractivity contribution is -0.526. The number of hydrogen-bond acceptors (Lipinski definition) is 5. The summed E-state index contributed by atoms with van der Waals surface area (Å²) in [6.45, 7) is 7.88. The molecule has 1 saturated carbocycles. The predicted octanol–water partition coefficient (Wildman–Crippen LogP) is 5.16. The summed E-state index contributed by atoms with van der Waals surface area (Å²) in [5, 5.41) is 2.98. The van der Waals surface area contributed by atoms with E-state index in [1.165, 1.54) is 12.1 Å². The molecule has 198 valence electrons. The second kappa shape index (κ2) is 10.8. The SMILES string of the molecule is CC[N+]1=C(C(C)(N)Cc2ccc(F)cc2)OC(c2cccc(C(=O)N(Cc3nc(C)cs3)C3CC3)c2)=CC1. The molecule has 2 aromatic carbocycles. The summed E-state index contributed by atoms with van der Waals surface area (Å²) in [4.78, 5) is 20.1. The van der Waals surface area contributed by atoms with E-state index >= 15 is 0 Å². The van der Waals surface area contributed by atoms with Crippen molar-refractivity contribution in [2.75, 3.05) is 13.1 Å². The highest BCUT2D eigenvalue weighted by molar-refractivity contribution is 7.09. The fourth-order valence-corrected chi connectivity index (χ4v) is 5.63. The minimum Gasteiger partial charge on any atom is -0.407 e. The molecule has 1 atom stereocenters. The lowest BCUT2D eigenvalue weighted by Crippen LogP contribution is -2.53. The Morgan fingerprint density at radius 1 is 1.26 bits per heavy atom. The zero-order valence-electron chi connectivity index (χ0n) is 22.1. The van der Waals surface area contributed by atoms with E-state index in [9.17, 15) is 9.18 Å². The molecule has 1 aliphatic carbocycles. The second-order valence-electron chi connectivity index (χ2n) is 10.4. The van der Waals surface area contributed by atoms with E-state index in [2.05, 4.69) is 16.5 Å². The summed E-state index contributed by atoms with van der Waals surface area (Å²) in [7, 11) is 0. The normalized spacial score (nSPS) is 17.0. The van der Waals surface area contributed by atoms with Gasteiger partial charge in [-0.15, -0.1) is 11.3 Å². The smallest absolute Gasteiger partial charge is 0.362 e. The Hall–Kier alpha value is -3.36. The van der Waals surface area contributed by atoms with Crippen LogP contribution in [-0.2, 0) is 17.7 Å². The number of aromatic nitrogens is 1. The van der Waals surface area contributed by atoms with Crippen LogP contribution in [0.2, 0.25) is 0 Å². The number of carbonyl (C=O) groups excluding carboxylic acids is 1. The number of benzene rings is 2. The second-order valence-corrected chi connectivity index (χ2v) is 11.3. The van der Waals surface area contributed by atoms with Crippen LogP contribution in [0.5, 0.6) is 0 Å². The van der Waals surface area contributed by atoms with Crippen molar-refractivity contribution in [3.05, 3.63) is 93.2 Å². The van der Waals surface area contributed by atoms with E-state index in [0.717, 1.165) is 41.2 Å². The summed E-state index contributed by atoms with van der Waals surface area (Å²) < 4.78 is 22.0. The van der Waals surface area contributed by atoms with Gasteiger partial charge < -0.3 is 15.4 Å². The molecule has 0 spiro atoms. The van der Waals surface area contributed by atoms with E-state index in [1.54, 1.807) is 23.5 Å². The van der Waals surface area contributed by atoms with Crippen molar-refractivity contribution < 1.29 is 18.5 Å². The van der Waals surface area contributed by atoms with Crippen LogP contribution < -0.4 is 5.73 Å². The van der Waals surface area contributed by atoms with Crippen LogP contribution in [0.15, 0.2) is 60.0 Å². The third-order valence-electron chi connectivity index (χ3n) is 6.96. The number of hydrogen-bond donors (Lipinski definition) is 1. The largest absolute Gasteiger partial charge is 0.407 e. The van der Waals surface area contributed by atoms with Gasteiger partial charge in [0.1, 0.15) is 28.7 Å². The Kier molecular flexibility index (Phi) is 7.45. The third kappa shape index (κ3) is 5.87. The molecule has 0 bridgehead atoms. The molecule has 0 radical (unpaired) electrons. The van der Waals surface area contributed by atoms with Crippen LogP contribution in [0.25, 0.3) is 5.76 Å². The minimum absolute atomic E-state index is 0.0120. The summed E-state index contributed by atoms with van der Waals surface area (Å²) >= 11 is 1.60. The van der Waals surface area contributed by atoms with Gasteiger partial charge in [-0.25, -0.2) is 9.37 Å². The van der Waals surface area contributed by atoms with Crippen molar-refractivity contribution in [1.29, 1.82) is 0 Å². The molecule has 1 fully saturated rings. The van der Waals surface area contributed by atoms with E-state index < -0.39 is 5.54 Å². The summed E-state index contributed by atoms with van der Waals surface area (Å²) in [6.07, 6.45) is 4.58. The zero-order valence-corrected chi connectivity index (χ0v) is 22.9. The molecular weight excluding hydrogens is 499 g/mol. The zero-order chi connectivity index (χ0) is 26.9. The van der Waals surface area contributed by atoms with Crippen molar-refractivity contribution in [2.45, 2.75) is 58.2 Å². The predicted molar refractivity (Wildman–Crippen MR) is 149 cm³/mol. The quantitative estimate of drug-likeness (QED) is 0.386. The van der Waals surface area contributed by atoms with Gasteiger partial charge in [0, 0.05) is 40.7 Å². The highest BCUT2D eigenvalue weighted by Gasteiger charge is 2.39. The number of halogens is 1. The van der Waals surface area contributed by atoms with Crippen LogP contribution in [0, 0.1) is 12.7 Å². The highest BCUT2D eigenvalue weighted by Crippen LogP contribution is 2.31. The van der Waals surface area contributed by atoms with Gasteiger partial charge in [0.2, 0.25) is 0 Å². The number of rotatable bonds is 9. The molecule has 1 amide bonds. The van der Waals surface area contributed by atoms with Gasteiger partial charge in [-0.3, -0.25) is 4.79 Å². The molecule has 1 unspecified atom stereocenters. The molecule has 1 aromatic heterocycles. The van der Waals surface area contributed by atoms with Crippen LogP contribution >= 0.6 is 11.3 Å². The number of carbonyl (C=O) groups is 1. The molecular formula is C30H34FN4O2S+. The van der Waals surface area contributed by atoms with E-state index in [-0.39, 0.29) is 17.8 Å². The Labute approximate surface area is 227 Å². The van der Waals surface area contributed by atoms with Crippen LogP contribution in [0.1, 0.15) is 58.9 Å². The molecule has 8 heteroatoms. The topological polar surface area (TPSA) is 71.5 Å². The van der Waals surface area contributed by atoms with Crippen molar-refractivity contribution in [1.82, 2.24) is 9.88 Å². The monoisotopic (exact) mass is 533 g/mol. The maximum absolute atomic E-state index is 13.6. The lowest BCUT2D eigenvalue weighted by Gasteiger charge is -2.27. The number of aryl methyl sites for hydroxylation is 1. The fourth-order valence-electron chi connectivity index (χ4n) is 4.86. The lowest BCUT2D eigenvalue weighted by atomic mass is 9.92. The number of likely N-dealkylation sites (N-methyl/N-ethyl adjacent to an activating group) is 1. The highest BCUT2D eigenvalue weighted by atomic mass is 32.1.